The van der Waals surface area contributed by atoms with E-state index in [2.05, 4.69) is 29.4 Å². The molecule has 0 spiro atoms. The fraction of sp³-hybridized carbons (Fsp3) is 0.714. The van der Waals surface area contributed by atoms with Crippen LogP contribution in [-0.4, -0.2) is 23.6 Å². The number of rotatable bonds is 6. The van der Waals surface area contributed by atoms with E-state index in [9.17, 15) is 13.2 Å². The minimum atomic E-state index is -4.20. The van der Waals surface area contributed by atoms with Gasteiger partial charge in [0.05, 0.1) is 0 Å². The fourth-order valence-corrected chi connectivity index (χ4v) is 6.52. The highest BCUT2D eigenvalue weighted by molar-refractivity contribution is 6.20. The molecule has 34 heavy (non-hydrogen) atoms. The van der Waals surface area contributed by atoms with Crippen molar-refractivity contribution in [3.8, 4) is 0 Å². The Morgan fingerprint density at radius 2 is 1.88 bits per heavy atom. The maximum atomic E-state index is 13.0. The molecule has 0 radical (unpaired) electrons. The van der Waals surface area contributed by atoms with Crippen molar-refractivity contribution in [1.29, 1.82) is 0 Å². The molecule has 0 amide bonds. The lowest BCUT2D eigenvalue weighted by Crippen LogP contribution is -2.43. The molecule has 1 saturated carbocycles. The zero-order chi connectivity index (χ0) is 24.3. The van der Waals surface area contributed by atoms with Gasteiger partial charge in [-0.2, -0.15) is 13.2 Å². The Morgan fingerprint density at radius 1 is 1.12 bits per heavy atom. The number of hydrogen-bond acceptors (Lipinski definition) is 2. The van der Waals surface area contributed by atoms with Crippen molar-refractivity contribution >= 4 is 11.6 Å². The summed E-state index contributed by atoms with van der Waals surface area (Å²) in [7, 11) is 0. The number of hydrogen-bond donors (Lipinski definition) is 2. The SMILES string of the molecule is C=C(N[C@H](C)C1=CNC(C(F)(F)F)CC1)[C@@H]1CC(C2=CCC(Cl)CC2)=CC(C2CCCCC2)C1. The molecule has 0 aromatic heterocycles. The van der Waals surface area contributed by atoms with Crippen molar-refractivity contribution < 1.29 is 13.2 Å². The second kappa shape index (κ2) is 11.1. The predicted octanol–water partition coefficient (Wildman–Crippen LogP) is 7.93. The van der Waals surface area contributed by atoms with Crippen LogP contribution in [0, 0.1) is 17.8 Å². The first-order valence-electron chi connectivity index (χ1n) is 13.2. The van der Waals surface area contributed by atoms with E-state index in [1.165, 1.54) is 43.3 Å². The van der Waals surface area contributed by atoms with Gasteiger partial charge in [-0.25, -0.2) is 0 Å². The molecule has 190 valence electrons. The Morgan fingerprint density at radius 3 is 2.50 bits per heavy atom. The second-order valence-corrected chi connectivity index (χ2v) is 11.5. The molecule has 4 aliphatic rings. The summed E-state index contributed by atoms with van der Waals surface area (Å²) < 4.78 is 39.0. The molecule has 5 atom stereocenters. The van der Waals surface area contributed by atoms with Crippen LogP contribution in [0.5, 0.6) is 0 Å². The lowest BCUT2D eigenvalue weighted by atomic mass is 9.69. The van der Waals surface area contributed by atoms with Crippen LogP contribution in [-0.2, 0) is 0 Å². The van der Waals surface area contributed by atoms with E-state index < -0.39 is 12.2 Å². The van der Waals surface area contributed by atoms with Crippen LogP contribution in [0.2, 0.25) is 0 Å². The molecule has 0 bridgehead atoms. The monoisotopic (exact) mass is 496 g/mol. The molecule has 1 fully saturated rings. The van der Waals surface area contributed by atoms with Gasteiger partial charge in [0.25, 0.3) is 0 Å². The summed E-state index contributed by atoms with van der Waals surface area (Å²) in [6, 6.07) is -1.46. The molecule has 0 aromatic rings. The topological polar surface area (TPSA) is 24.1 Å². The van der Waals surface area contributed by atoms with Gasteiger partial charge in [0.1, 0.15) is 6.04 Å². The molecule has 0 saturated heterocycles. The summed E-state index contributed by atoms with van der Waals surface area (Å²) in [5.74, 6) is 1.69. The molecule has 4 rings (SSSR count). The lowest BCUT2D eigenvalue weighted by molar-refractivity contribution is -0.155. The first-order valence-corrected chi connectivity index (χ1v) is 13.7. The van der Waals surface area contributed by atoms with Crippen LogP contribution in [0.4, 0.5) is 13.2 Å². The Balaban J connectivity index is 1.43. The Labute approximate surface area is 208 Å². The van der Waals surface area contributed by atoms with E-state index in [0.29, 0.717) is 18.3 Å². The zero-order valence-corrected chi connectivity index (χ0v) is 21.2. The summed E-state index contributed by atoms with van der Waals surface area (Å²) in [4.78, 5) is 0. The van der Waals surface area contributed by atoms with Crippen molar-refractivity contribution in [3.05, 3.63) is 47.3 Å². The van der Waals surface area contributed by atoms with E-state index in [1.807, 2.05) is 6.92 Å². The van der Waals surface area contributed by atoms with Crippen molar-refractivity contribution in [2.45, 2.75) is 108 Å². The lowest BCUT2D eigenvalue weighted by Gasteiger charge is -2.38. The molecule has 1 heterocycles. The third-order valence-electron chi connectivity index (χ3n) is 8.49. The molecule has 3 unspecified atom stereocenters. The molecule has 2 nitrogen and oxygen atoms in total. The van der Waals surface area contributed by atoms with Crippen molar-refractivity contribution in [2.75, 3.05) is 0 Å². The van der Waals surface area contributed by atoms with Gasteiger partial charge < -0.3 is 10.6 Å². The number of alkyl halides is 4. The minimum Gasteiger partial charge on any atom is -0.382 e. The molecule has 2 N–H and O–H groups in total. The Kier molecular flexibility index (Phi) is 8.43. The number of nitrogens with one attached hydrogen (secondary N) is 2. The molecule has 3 aliphatic carbocycles. The van der Waals surface area contributed by atoms with Gasteiger partial charge >= 0.3 is 6.18 Å². The quantitative estimate of drug-likeness (QED) is 0.365. The largest absolute Gasteiger partial charge is 0.408 e. The van der Waals surface area contributed by atoms with Crippen molar-refractivity contribution in [3.63, 3.8) is 0 Å². The van der Waals surface area contributed by atoms with Crippen LogP contribution < -0.4 is 10.6 Å². The van der Waals surface area contributed by atoms with Gasteiger partial charge in [0, 0.05) is 23.0 Å². The van der Waals surface area contributed by atoms with E-state index in [-0.39, 0.29) is 17.8 Å². The average Bonchev–Trinajstić information content (AvgIpc) is 2.84. The number of allylic oxidation sites excluding steroid dienone is 5. The van der Waals surface area contributed by atoms with Gasteiger partial charge in [-0.3, -0.25) is 0 Å². The van der Waals surface area contributed by atoms with E-state index in [4.69, 9.17) is 11.6 Å². The van der Waals surface area contributed by atoms with Crippen LogP contribution in [0.1, 0.15) is 84.0 Å². The zero-order valence-electron chi connectivity index (χ0n) is 20.4. The van der Waals surface area contributed by atoms with Gasteiger partial charge in [0.2, 0.25) is 0 Å². The summed E-state index contributed by atoms with van der Waals surface area (Å²) >= 11 is 6.35. The first-order chi connectivity index (χ1) is 16.2. The van der Waals surface area contributed by atoms with Crippen LogP contribution >= 0.6 is 11.6 Å². The van der Waals surface area contributed by atoms with Gasteiger partial charge in [-0.1, -0.05) is 38.0 Å². The third-order valence-corrected chi connectivity index (χ3v) is 8.89. The third kappa shape index (κ3) is 6.44. The molecular weight excluding hydrogens is 457 g/mol. The predicted molar refractivity (Wildman–Crippen MR) is 134 cm³/mol. The maximum Gasteiger partial charge on any atom is 0.408 e. The molecule has 1 aliphatic heterocycles. The van der Waals surface area contributed by atoms with Crippen LogP contribution in [0.25, 0.3) is 0 Å². The summed E-state index contributed by atoms with van der Waals surface area (Å²) in [5, 5.41) is 6.39. The van der Waals surface area contributed by atoms with E-state index in [1.54, 1.807) is 6.20 Å². The molecular formula is C28H40ClF3N2. The molecule has 6 heteroatoms. The normalized spacial score (nSPS) is 32.1. The van der Waals surface area contributed by atoms with Crippen LogP contribution in [0.15, 0.2) is 47.3 Å². The van der Waals surface area contributed by atoms with Gasteiger partial charge in [-0.15, -0.1) is 11.6 Å². The van der Waals surface area contributed by atoms with Crippen molar-refractivity contribution in [2.24, 2.45) is 17.8 Å². The van der Waals surface area contributed by atoms with Crippen molar-refractivity contribution in [1.82, 2.24) is 10.6 Å². The van der Waals surface area contributed by atoms with E-state index in [0.717, 1.165) is 49.3 Å². The Hall–Kier alpha value is -1.36. The average molecular weight is 497 g/mol. The fourth-order valence-electron chi connectivity index (χ4n) is 6.32. The second-order valence-electron chi connectivity index (χ2n) is 10.9. The first kappa shape index (κ1) is 25.7. The summed E-state index contributed by atoms with van der Waals surface area (Å²) in [6.07, 6.45) is 14.7. The van der Waals surface area contributed by atoms with Gasteiger partial charge in [0.15, 0.2) is 0 Å². The Bertz CT molecular complexity index is 822. The van der Waals surface area contributed by atoms with Gasteiger partial charge in [-0.05, 0) is 99.5 Å². The van der Waals surface area contributed by atoms with Crippen LogP contribution in [0.3, 0.4) is 0 Å². The standard InChI is InChI=1S/C28H40ClF3N2/c1-18(22-10-13-27(33-17-22)28(30,31)32)34-19(2)23-14-24(20-6-4-3-5-7-20)16-25(15-23)21-8-11-26(29)12-9-21/h8,16-18,20,23-24,26-27,33-34H,2-7,9-15H2,1H3/t18-,23+,24?,26?,27?/m1/s1. The number of halogens is 4. The smallest absolute Gasteiger partial charge is 0.382 e. The highest BCUT2D eigenvalue weighted by atomic mass is 35.5. The summed E-state index contributed by atoms with van der Waals surface area (Å²) in [5.41, 5.74) is 4.97. The van der Waals surface area contributed by atoms with E-state index >= 15 is 0 Å². The molecule has 0 aromatic carbocycles. The maximum absolute atomic E-state index is 13.0. The highest BCUT2D eigenvalue weighted by Crippen LogP contribution is 2.44. The summed E-state index contributed by atoms with van der Waals surface area (Å²) in [6.45, 7) is 6.47. The highest BCUT2D eigenvalue weighted by Gasteiger charge is 2.40. The minimum absolute atomic E-state index is 0.0254.